The molecule has 0 aromatic rings. The molecule has 8 heteroatoms. The Morgan fingerprint density at radius 3 is 2.38 bits per heavy atom. The molecule has 2 heterocycles. The lowest BCUT2D eigenvalue weighted by Crippen LogP contribution is -2.72. The zero-order valence-corrected chi connectivity index (χ0v) is 29.5. The Hall–Kier alpha value is -1.03. The van der Waals surface area contributed by atoms with Gasteiger partial charge >= 0.3 is 5.97 Å². The Kier molecular flexibility index (Phi) is 8.69. The summed E-state index contributed by atoms with van der Waals surface area (Å²) in [6.07, 6.45) is 10.3. The van der Waals surface area contributed by atoms with Crippen LogP contribution < -0.4 is 16.6 Å². The monoisotopic (exact) mass is 629 g/mol. The Morgan fingerprint density at radius 2 is 1.76 bits per heavy atom. The number of carboxylic acids is 1. The quantitative estimate of drug-likeness (QED) is 0.157. The number of fused-ring (bicyclic) bond motifs is 3. The predicted molar refractivity (Wildman–Crippen MR) is 176 cm³/mol. The minimum absolute atomic E-state index is 0.0120. The average Bonchev–Trinajstić information content (AvgIpc) is 3.00. The lowest BCUT2D eigenvalue weighted by Gasteiger charge is -2.71. The Labute approximate surface area is 272 Å². The second-order valence-corrected chi connectivity index (χ2v) is 17.7. The maximum absolute atomic E-state index is 13.4. The standard InChI is InChI=1S/C37H63N3O5/c1-23(2)24(3)32(4)13-14-34(6)25-9-10-28-33(5)20-44-22-37(28,26(25)11-12-35(34,7)29(32)31(41)42)19-27(40-38)30(33)45-21-36(39-8)15-17-43-18-16-36/h11,23-25,27-30,39-40H,9-10,12-22,38H2,1-8H3,(H,41,42)/t24-,25+,27-,28+,29-,30+,32-,33?,34-,35+,37+/m1/s1. The molecule has 1 unspecified atom stereocenters. The second kappa shape index (κ2) is 11.5. The summed E-state index contributed by atoms with van der Waals surface area (Å²) < 4.78 is 19.3. The minimum Gasteiger partial charge on any atom is -0.481 e. The number of hydrazine groups is 1. The van der Waals surface area contributed by atoms with Crippen LogP contribution in [0.25, 0.3) is 0 Å². The van der Waals surface area contributed by atoms with Crippen LogP contribution >= 0.6 is 0 Å². The van der Waals surface area contributed by atoms with E-state index in [9.17, 15) is 9.90 Å². The molecular weight excluding hydrogens is 566 g/mol. The van der Waals surface area contributed by atoms with Gasteiger partial charge in [-0.1, -0.05) is 60.1 Å². The molecule has 3 saturated carbocycles. The van der Waals surface area contributed by atoms with Crippen LogP contribution in [0.5, 0.6) is 0 Å². The van der Waals surface area contributed by atoms with Crippen LogP contribution in [0, 0.1) is 56.7 Å². The van der Waals surface area contributed by atoms with E-state index in [-0.39, 0.29) is 50.7 Å². The molecular formula is C37H63N3O5. The van der Waals surface area contributed by atoms with Gasteiger partial charge in [0, 0.05) is 35.6 Å². The number of hydrogen-bond donors (Lipinski definition) is 4. The average molecular weight is 630 g/mol. The van der Waals surface area contributed by atoms with Crippen LogP contribution in [-0.2, 0) is 19.0 Å². The molecule has 0 aromatic heterocycles. The molecule has 2 aliphatic heterocycles. The molecule has 256 valence electrons. The van der Waals surface area contributed by atoms with E-state index in [2.05, 4.69) is 65.3 Å². The van der Waals surface area contributed by atoms with Crippen LogP contribution in [0.1, 0.15) is 99.8 Å². The van der Waals surface area contributed by atoms with Crippen molar-refractivity contribution in [2.24, 2.45) is 62.5 Å². The van der Waals surface area contributed by atoms with Gasteiger partial charge in [0.2, 0.25) is 0 Å². The highest BCUT2D eigenvalue weighted by Crippen LogP contribution is 2.74. The van der Waals surface area contributed by atoms with Crippen molar-refractivity contribution in [2.45, 2.75) is 118 Å². The molecule has 6 aliphatic rings. The van der Waals surface area contributed by atoms with Gasteiger partial charge in [-0.2, -0.15) is 0 Å². The number of nitrogens with one attached hydrogen (secondary N) is 2. The summed E-state index contributed by atoms with van der Waals surface area (Å²) in [5.74, 6) is 6.99. The highest BCUT2D eigenvalue weighted by atomic mass is 16.5. The zero-order valence-electron chi connectivity index (χ0n) is 29.5. The summed E-state index contributed by atoms with van der Waals surface area (Å²) in [6.45, 7) is 19.8. The van der Waals surface area contributed by atoms with E-state index >= 15 is 0 Å². The maximum Gasteiger partial charge on any atom is 0.307 e. The van der Waals surface area contributed by atoms with E-state index in [0.29, 0.717) is 36.9 Å². The van der Waals surface area contributed by atoms with Crippen molar-refractivity contribution >= 4 is 5.97 Å². The smallest absolute Gasteiger partial charge is 0.307 e. The molecule has 0 amide bonds. The van der Waals surface area contributed by atoms with Gasteiger partial charge in [-0.15, -0.1) is 0 Å². The molecule has 4 aliphatic carbocycles. The number of ether oxygens (including phenoxy) is 3. The fourth-order valence-electron chi connectivity index (χ4n) is 12.6. The van der Waals surface area contributed by atoms with Gasteiger partial charge in [0.15, 0.2) is 0 Å². The van der Waals surface area contributed by atoms with Crippen LogP contribution in [0.3, 0.4) is 0 Å². The molecule has 6 rings (SSSR count). The number of allylic oxidation sites excluding steroid dienone is 1. The van der Waals surface area contributed by atoms with E-state index in [0.717, 1.165) is 71.2 Å². The predicted octanol–water partition coefficient (Wildman–Crippen LogP) is 5.56. The molecule has 5 fully saturated rings. The summed E-state index contributed by atoms with van der Waals surface area (Å²) in [5, 5.41) is 14.5. The van der Waals surface area contributed by atoms with Gasteiger partial charge < -0.3 is 24.6 Å². The Balaban J connectivity index is 1.36. The Bertz CT molecular complexity index is 1170. The first kappa shape index (κ1) is 33.9. The van der Waals surface area contributed by atoms with Gasteiger partial charge in [-0.25, -0.2) is 0 Å². The van der Waals surface area contributed by atoms with Crippen molar-refractivity contribution in [1.29, 1.82) is 0 Å². The molecule has 2 bridgehead atoms. The van der Waals surface area contributed by atoms with E-state index in [4.69, 9.17) is 20.1 Å². The number of rotatable bonds is 8. The minimum atomic E-state index is -0.607. The van der Waals surface area contributed by atoms with Crippen LogP contribution in [0.15, 0.2) is 11.6 Å². The van der Waals surface area contributed by atoms with E-state index in [1.165, 1.54) is 0 Å². The third kappa shape index (κ3) is 4.69. The summed E-state index contributed by atoms with van der Waals surface area (Å²) in [4.78, 5) is 13.4. The zero-order chi connectivity index (χ0) is 32.6. The fourth-order valence-corrected chi connectivity index (χ4v) is 12.6. The second-order valence-electron chi connectivity index (χ2n) is 17.7. The highest BCUT2D eigenvalue weighted by Gasteiger charge is 2.71. The van der Waals surface area contributed by atoms with Crippen LogP contribution in [-0.4, -0.2) is 68.8 Å². The number of likely N-dealkylation sites (N-methyl/N-ethyl adjacent to an activating group) is 1. The largest absolute Gasteiger partial charge is 0.481 e. The molecule has 0 aromatic carbocycles. The summed E-state index contributed by atoms with van der Waals surface area (Å²) >= 11 is 0. The lowest BCUT2D eigenvalue weighted by atomic mass is 9.34. The van der Waals surface area contributed by atoms with Crippen molar-refractivity contribution < 1.29 is 24.1 Å². The van der Waals surface area contributed by atoms with Crippen molar-refractivity contribution in [1.82, 2.24) is 10.7 Å². The molecule has 0 radical (unpaired) electrons. The molecule has 5 N–H and O–H groups in total. The van der Waals surface area contributed by atoms with Crippen molar-refractivity contribution in [3.63, 3.8) is 0 Å². The topological polar surface area (TPSA) is 115 Å². The van der Waals surface area contributed by atoms with Crippen molar-refractivity contribution in [2.75, 3.05) is 40.1 Å². The number of carbonyl (C=O) groups is 1. The van der Waals surface area contributed by atoms with E-state index < -0.39 is 5.97 Å². The number of aliphatic carboxylic acids is 1. The normalized spacial score (nSPS) is 48.0. The van der Waals surface area contributed by atoms with Gasteiger partial charge in [0.1, 0.15) is 0 Å². The molecule has 8 nitrogen and oxygen atoms in total. The first-order valence-corrected chi connectivity index (χ1v) is 18.0. The third-order valence-electron chi connectivity index (χ3n) is 15.8. The van der Waals surface area contributed by atoms with Crippen LogP contribution in [0.2, 0.25) is 0 Å². The van der Waals surface area contributed by atoms with Gasteiger partial charge in [-0.3, -0.25) is 16.1 Å². The van der Waals surface area contributed by atoms with E-state index in [1.807, 2.05) is 7.05 Å². The fraction of sp³-hybridized carbons (Fsp3) is 0.919. The van der Waals surface area contributed by atoms with Gasteiger partial charge in [-0.05, 0) is 98.3 Å². The third-order valence-corrected chi connectivity index (χ3v) is 15.8. The molecule has 11 atom stereocenters. The molecule has 2 saturated heterocycles. The maximum atomic E-state index is 13.4. The van der Waals surface area contributed by atoms with Gasteiger partial charge in [0.05, 0.1) is 31.8 Å². The first-order valence-electron chi connectivity index (χ1n) is 18.0. The van der Waals surface area contributed by atoms with Crippen molar-refractivity contribution in [3.8, 4) is 0 Å². The highest BCUT2D eigenvalue weighted by molar-refractivity contribution is 5.73. The summed E-state index contributed by atoms with van der Waals surface area (Å²) in [7, 11) is 2.04. The van der Waals surface area contributed by atoms with E-state index in [1.54, 1.807) is 5.57 Å². The summed E-state index contributed by atoms with van der Waals surface area (Å²) in [5.41, 5.74) is 3.78. The first-order chi connectivity index (χ1) is 21.2. The van der Waals surface area contributed by atoms with Gasteiger partial charge in [0.25, 0.3) is 0 Å². The summed E-state index contributed by atoms with van der Waals surface area (Å²) in [6, 6.07) is 0.0120. The molecule has 45 heavy (non-hydrogen) atoms. The number of nitrogens with two attached hydrogens (primary N) is 1. The Morgan fingerprint density at radius 1 is 1.04 bits per heavy atom. The van der Waals surface area contributed by atoms with Crippen molar-refractivity contribution in [3.05, 3.63) is 11.6 Å². The number of hydrogen-bond acceptors (Lipinski definition) is 7. The number of carboxylic acid groups (broad SMARTS) is 1. The van der Waals surface area contributed by atoms with Crippen LogP contribution in [0.4, 0.5) is 0 Å². The molecule has 0 spiro atoms. The SMILES string of the molecule is CNC1(CO[C@H]2[C@H](NN)C[C@@]34COCC2(C)[C@@H]3CC[C@H]2C4=CC[C@@]3(C)[C@H](C(=O)O)[C@@](C)([C@H](C)C(C)C)CC[C@]23C)CCOCC1. The lowest BCUT2D eigenvalue weighted by molar-refractivity contribution is -0.247.